The molecule has 1 N–H and O–H groups in total. The molecule has 2 aliphatic rings. The summed E-state index contributed by atoms with van der Waals surface area (Å²) < 4.78 is 10.5. The fourth-order valence-corrected chi connectivity index (χ4v) is 3.64. The largest absolute Gasteiger partial charge is 0.493 e. The topological polar surface area (TPSA) is 67.9 Å². The summed E-state index contributed by atoms with van der Waals surface area (Å²) in [7, 11) is 3.10. The molecule has 0 bridgehead atoms. The molecule has 146 valence electrons. The maximum atomic E-state index is 12.6. The van der Waals surface area contributed by atoms with Crippen molar-refractivity contribution in [2.75, 3.05) is 31.0 Å². The van der Waals surface area contributed by atoms with Gasteiger partial charge in [0.25, 0.3) is 5.91 Å². The molecule has 6 nitrogen and oxygen atoms in total. The summed E-state index contributed by atoms with van der Waals surface area (Å²) in [6.07, 6.45) is 3.86. The zero-order chi connectivity index (χ0) is 19.7. The highest BCUT2D eigenvalue weighted by atomic mass is 16.5. The highest BCUT2D eigenvalue weighted by Gasteiger charge is 2.35. The Morgan fingerprint density at radius 2 is 1.82 bits per heavy atom. The molecule has 28 heavy (non-hydrogen) atoms. The van der Waals surface area contributed by atoms with Crippen molar-refractivity contribution >= 4 is 23.2 Å². The zero-order valence-electron chi connectivity index (χ0n) is 16.2. The predicted molar refractivity (Wildman–Crippen MR) is 107 cm³/mol. The SMILES string of the molecule is COc1ccc(C(=O)Nc2ccc3c(c2)CCCN3C(=O)C2CC2)cc1OC. The Balaban J connectivity index is 1.53. The monoisotopic (exact) mass is 380 g/mol. The molecule has 1 fully saturated rings. The number of rotatable bonds is 5. The zero-order valence-corrected chi connectivity index (χ0v) is 16.2. The van der Waals surface area contributed by atoms with Gasteiger partial charge in [-0.25, -0.2) is 0 Å². The molecule has 2 aromatic rings. The third-order valence-corrected chi connectivity index (χ3v) is 5.29. The van der Waals surface area contributed by atoms with E-state index >= 15 is 0 Å². The van der Waals surface area contributed by atoms with E-state index in [1.807, 2.05) is 23.1 Å². The molecule has 1 heterocycles. The van der Waals surface area contributed by atoms with E-state index in [0.29, 0.717) is 17.1 Å². The Kier molecular flexibility index (Phi) is 4.94. The number of hydrogen-bond acceptors (Lipinski definition) is 4. The van der Waals surface area contributed by atoms with E-state index in [1.54, 1.807) is 25.3 Å². The van der Waals surface area contributed by atoms with Crippen LogP contribution in [0.3, 0.4) is 0 Å². The van der Waals surface area contributed by atoms with E-state index in [9.17, 15) is 9.59 Å². The van der Waals surface area contributed by atoms with Gasteiger partial charge >= 0.3 is 0 Å². The molecular formula is C22H24N2O4. The third kappa shape index (κ3) is 3.54. The lowest BCUT2D eigenvalue weighted by atomic mass is 10.00. The standard InChI is InChI=1S/C22H24N2O4/c1-27-19-10-7-16(13-20(19)28-2)21(25)23-17-8-9-18-15(12-17)4-3-11-24(18)22(26)14-5-6-14/h7-10,12-14H,3-6,11H2,1-2H3,(H,23,25). The fraction of sp³-hybridized carbons (Fsp3) is 0.364. The number of carbonyl (C=O) groups excluding carboxylic acids is 2. The van der Waals surface area contributed by atoms with E-state index < -0.39 is 0 Å². The Bertz CT molecular complexity index is 921. The average Bonchev–Trinajstić information content (AvgIpc) is 3.57. The summed E-state index contributed by atoms with van der Waals surface area (Å²) in [5.74, 6) is 1.31. The van der Waals surface area contributed by atoms with Gasteiger partial charge in [-0.05, 0) is 67.6 Å². The number of hydrogen-bond donors (Lipinski definition) is 1. The van der Waals surface area contributed by atoms with Crippen LogP contribution >= 0.6 is 0 Å². The third-order valence-electron chi connectivity index (χ3n) is 5.29. The van der Waals surface area contributed by atoms with Crippen LogP contribution in [0.1, 0.15) is 35.2 Å². The van der Waals surface area contributed by atoms with Gasteiger partial charge in [-0.2, -0.15) is 0 Å². The fourth-order valence-electron chi connectivity index (χ4n) is 3.64. The number of anilines is 2. The maximum absolute atomic E-state index is 12.6. The number of methoxy groups -OCH3 is 2. The van der Waals surface area contributed by atoms with E-state index in [1.165, 1.54) is 7.11 Å². The number of benzene rings is 2. The Morgan fingerprint density at radius 1 is 1.04 bits per heavy atom. The number of nitrogens with zero attached hydrogens (tertiary/aromatic N) is 1. The normalized spacial score (nSPS) is 15.6. The molecule has 0 radical (unpaired) electrons. The minimum absolute atomic E-state index is 0.204. The van der Waals surface area contributed by atoms with Crippen molar-refractivity contribution in [3.8, 4) is 11.5 Å². The second kappa shape index (κ2) is 7.54. The summed E-state index contributed by atoms with van der Waals surface area (Å²) in [5, 5.41) is 2.94. The van der Waals surface area contributed by atoms with Crippen LogP contribution in [0, 0.1) is 5.92 Å². The Labute approximate surface area is 164 Å². The van der Waals surface area contributed by atoms with E-state index in [0.717, 1.165) is 49.2 Å². The maximum Gasteiger partial charge on any atom is 0.255 e. The second-order valence-corrected chi connectivity index (χ2v) is 7.24. The lowest BCUT2D eigenvalue weighted by Crippen LogP contribution is -2.36. The van der Waals surface area contributed by atoms with E-state index in [4.69, 9.17) is 9.47 Å². The van der Waals surface area contributed by atoms with Crippen LogP contribution in [0.4, 0.5) is 11.4 Å². The molecule has 0 unspecified atom stereocenters. The van der Waals surface area contributed by atoms with Gasteiger partial charge in [0.2, 0.25) is 5.91 Å². The summed E-state index contributed by atoms with van der Waals surface area (Å²) >= 11 is 0. The summed E-state index contributed by atoms with van der Waals surface area (Å²) in [6.45, 7) is 0.777. The van der Waals surface area contributed by atoms with Gasteiger partial charge in [0, 0.05) is 29.4 Å². The lowest BCUT2D eigenvalue weighted by molar-refractivity contribution is -0.119. The van der Waals surface area contributed by atoms with Crippen LogP contribution in [-0.2, 0) is 11.2 Å². The van der Waals surface area contributed by atoms with Crippen molar-refractivity contribution in [3.63, 3.8) is 0 Å². The average molecular weight is 380 g/mol. The lowest BCUT2D eigenvalue weighted by Gasteiger charge is -2.30. The highest BCUT2D eigenvalue weighted by molar-refractivity contribution is 6.05. The van der Waals surface area contributed by atoms with Crippen molar-refractivity contribution in [2.45, 2.75) is 25.7 Å². The number of aryl methyl sites for hydroxylation is 1. The van der Waals surface area contributed by atoms with Gasteiger partial charge in [0.05, 0.1) is 14.2 Å². The first-order chi connectivity index (χ1) is 13.6. The van der Waals surface area contributed by atoms with Crippen molar-refractivity contribution in [1.82, 2.24) is 0 Å². The van der Waals surface area contributed by atoms with E-state index in [2.05, 4.69) is 5.32 Å². The number of amides is 2. The molecule has 1 saturated carbocycles. The Hall–Kier alpha value is -3.02. The first kappa shape index (κ1) is 18.3. The molecule has 0 spiro atoms. The first-order valence-corrected chi connectivity index (χ1v) is 9.58. The van der Waals surface area contributed by atoms with Crippen molar-refractivity contribution in [3.05, 3.63) is 47.5 Å². The number of nitrogens with one attached hydrogen (secondary N) is 1. The van der Waals surface area contributed by atoms with Gasteiger partial charge < -0.3 is 19.7 Å². The quantitative estimate of drug-likeness (QED) is 0.860. The van der Waals surface area contributed by atoms with Crippen LogP contribution in [0.5, 0.6) is 11.5 Å². The van der Waals surface area contributed by atoms with Crippen LogP contribution in [0.2, 0.25) is 0 Å². The van der Waals surface area contributed by atoms with Gasteiger partial charge in [-0.1, -0.05) is 0 Å². The van der Waals surface area contributed by atoms with Crippen LogP contribution in [-0.4, -0.2) is 32.6 Å². The summed E-state index contributed by atoms with van der Waals surface area (Å²) in [4.78, 5) is 27.1. The van der Waals surface area contributed by atoms with Crippen molar-refractivity contribution in [2.24, 2.45) is 5.92 Å². The molecule has 0 atom stereocenters. The smallest absolute Gasteiger partial charge is 0.255 e. The van der Waals surface area contributed by atoms with Crippen LogP contribution < -0.4 is 19.7 Å². The molecule has 2 amide bonds. The minimum Gasteiger partial charge on any atom is -0.493 e. The van der Waals surface area contributed by atoms with Gasteiger partial charge in [-0.15, -0.1) is 0 Å². The van der Waals surface area contributed by atoms with Gasteiger partial charge in [0.15, 0.2) is 11.5 Å². The predicted octanol–water partition coefficient (Wildman–Crippen LogP) is 3.65. The molecule has 2 aromatic carbocycles. The Morgan fingerprint density at radius 3 is 2.54 bits per heavy atom. The van der Waals surface area contributed by atoms with Crippen LogP contribution in [0.15, 0.2) is 36.4 Å². The first-order valence-electron chi connectivity index (χ1n) is 9.58. The molecule has 0 saturated heterocycles. The molecule has 1 aliphatic heterocycles. The van der Waals surface area contributed by atoms with Gasteiger partial charge in [-0.3, -0.25) is 9.59 Å². The summed E-state index contributed by atoms with van der Waals surface area (Å²) in [6, 6.07) is 10.8. The molecular weight excluding hydrogens is 356 g/mol. The molecule has 4 rings (SSSR count). The molecule has 0 aromatic heterocycles. The van der Waals surface area contributed by atoms with Crippen molar-refractivity contribution < 1.29 is 19.1 Å². The van der Waals surface area contributed by atoms with Crippen molar-refractivity contribution in [1.29, 1.82) is 0 Å². The minimum atomic E-state index is -0.220. The number of fused-ring (bicyclic) bond motifs is 1. The highest BCUT2D eigenvalue weighted by Crippen LogP contribution is 2.36. The second-order valence-electron chi connectivity index (χ2n) is 7.24. The van der Waals surface area contributed by atoms with Gasteiger partial charge in [0.1, 0.15) is 0 Å². The molecule has 1 aliphatic carbocycles. The number of carbonyl (C=O) groups is 2. The molecule has 6 heteroatoms. The van der Waals surface area contributed by atoms with Crippen LogP contribution in [0.25, 0.3) is 0 Å². The summed E-state index contributed by atoms with van der Waals surface area (Å²) in [5.41, 5.74) is 3.29. The van der Waals surface area contributed by atoms with E-state index in [-0.39, 0.29) is 17.7 Å². The number of ether oxygens (including phenoxy) is 2.